The van der Waals surface area contributed by atoms with Crippen LogP contribution in [0.15, 0.2) is 122 Å². The number of aryl methyl sites for hydroxylation is 1. The molecule has 1 amide bonds. The Hall–Kier alpha value is -8.01. The van der Waals surface area contributed by atoms with Gasteiger partial charge in [-0.05, 0) is 155 Å². The molecule has 10 rings (SSSR count). The Morgan fingerprint density at radius 2 is 0.806 bits per heavy atom. The normalized spacial score (nSPS) is 14.9. The molecule has 4 aromatic carbocycles. The highest BCUT2D eigenvalue weighted by Gasteiger charge is 2.36. The highest BCUT2D eigenvalue weighted by Crippen LogP contribution is 2.40. The van der Waals surface area contributed by atoms with Gasteiger partial charge >= 0.3 is 24.7 Å². The van der Waals surface area contributed by atoms with E-state index in [9.17, 15) is 86.9 Å². The van der Waals surface area contributed by atoms with Crippen LogP contribution in [-0.2, 0) is 24.7 Å². The number of nitro benzene ring substituents is 2. The van der Waals surface area contributed by atoms with Gasteiger partial charge in [0.15, 0.2) is 0 Å². The number of halogens is 15. The first-order valence-corrected chi connectivity index (χ1v) is 29.5. The minimum Gasteiger partial charge on any atom is -0.397 e. The van der Waals surface area contributed by atoms with Gasteiger partial charge in [-0.2, -0.15) is 52.7 Å². The van der Waals surface area contributed by atoms with Gasteiger partial charge in [0, 0.05) is 92.9 Å². The summed E-state index contributed by atoms with van der Waals surface area (Å²) in [5.41, 5.74) is 4.30. The zero-order chi connectivity index (χ0) is 68.9. The van der Waals surface area contributed by atoms with Crippen LogP contribution in [0.3, 0.4) is 0 Å². The predicted molar refractivity (Wildman–Crippen MR) is 335 cm³/mol. The van der Waals surface area contributed by atoms with Gasteiger partial charge in [-0.15, -0.1) is 12.4 Å². The summed E-state index contributed by atoms with van der Waals surface area (Å²) in [6.45, 7) is 5.95. The molecule has 1 saturated carbocycles. The van der Waals surface area contributed by atoms with E-state index in [0.717, 1.165) is 126 Å². The molecular formula is C63H72Cl2F13N9O6. The number of nitro groups is 2. The minimum atomic E-state index is -4.56. The number of alkyl halides is 13. The molecule has 0 bridgehead atoms. The standard InChI is InChI=1S/C18H18F3N3O.C12H13F3N2O2.C12H15F3N2.C8H6F3NO2.C6H4ClNO.C6H12.CH3F.ClH/c19-18(20,21)14-4-5-16(24-10-2-1-3-11-24)15(12-14)23-17(25)13-6-8-22-9-7-13;13-12(14,15)9-4-5-10(11(8-9)17(18)19)16-6-2-1-3-7-16;13-12(14,15)9-4-5-11(10(16)8-9)17-6-2-1-3-7-17;1-5-2-3-6(8(9,10)11)4-7(5)12(13)14;7-6(9)5-1-3-8-4-2-5;1-2-4-6-5-3-1;1-2;/h4-9,12H,1-3,10-11H2,(H,23,25);4-5,8H,1-3,6-7H2;4-5,8H,1-3,6-7,16H2;2-4H,1H3;1-4H;1-6H2;1H3;1H/i;;;;;;1D;. The topological polar surface area (TPSA) is 194 Å². The van der Waals surface area contributed by atoms with E-state index in [1.165, 1.54) is 107 Å². The van der Waals surface area contributed by atoms with E-state index in [1.54, 1.807) is 17.0 Å². The zero-order valence-corrected chi connectivity index (χ0v) is 52.0. The van der Waals surface area contributed by atoms with Crippen LogP contribution in [0, 0.1) is 27.2 Å². The summed E-state index contributed by atoms with van der Waals surface area (Å²) < 4.78 is 166. The van der Waals surface area contributed by atoms with E-state index >= 15 is 0 Å². The molecule has 0 spiro atoms. The molecule has 3 aliphatic heterocycles. The molecule has 4 fully saturated rings. The van der Waals surface area contributed by atoms with Gasteiger partial charge in [-0.25, -0.2) is 0 Å². The van der Waals surface area contributed by atoms with Gasteiger partial charge in [0.05, 0.1) is 63.4 Å². The van der Waals surface area contributed by atoms with Crippen molar-refractivity contribution >= 4 is 75.0 Å². The van der Waals surface area contributed by atoms with E-state index in [4.69, 9.17) is 18.7 Å². The maximum atomic E-state index is 13.1. The molecule has 0 unspecified atom stereocenters. The van der Waals surface area contributed by atoms with Crippen LogP contribution in [0.1, 0.15) is 146 Å². The number of carbonyl (C=O) groups is 2. The van der Waals surface area contributed by atoms with Crippen LogP contribution in [0.2, 0.25) is 0 Å². The van der Waals surface area contributed by atoms with E-state index in [0.29, 0.717) is 42.0 Å². The number of anilines is 5. The van der Waals surface area contributed by atoms with Crippen LogP contribution >= 0.6 is 24.0 Å². The molecule has 93 heavy (non-hydrogen) atoms. The molecule has 0 radical (unpaired) electrons. The first-order chi connectivity index (χ1) is 43.9. The van der Waals surface area contributed by atoms with Crippen molar-refractivity contribution in [3.8, 4) is 0 Å². The third kappa shape index (κ3) is 26.5. The Balaban J connectivity index is 0.000000303. The fourth-order valence-corrected chi connectivity index (χ4v) is 9.97. The largest absolute Gasteiger partial charge is 0.416 e. The van der Waals surface area contributed by atoms with Crippen molar-refractivity contribution in [2.45, 2.75) is 128 Å². The second-order valence-corrected chi connectivity index (χ2v) is 21.5. The molecule has 4 aliphatic rings. The predicted octanol–water partition coefficient (Wildman–Crippen LogP) is 19.0. The number of piperidine rings is 3. The van der Waals surface area contributed by atoms with Crippen molar-refractivity contribution < 1.29 is 77.9 Å². The lowest BCUT2D eigenvalue weighted by atomic mass is 10.0. The number of nitrogens with two attached hydrogens (primary N) is 1. The number of amides is 1. The Morgan fingerprint density at radius 3 is 1.17 bits per heavy atom. The summed E-state index contributed by atoms with van der Waals surface area (Å²) >= 11 is 5.14. The number of benzene rings is 4. The van der Waals surface area contributed by atoms with E-state index < -0.39 is 86.5 Å². The number of rotatable bonds is 8. The molecule has 30 heteroatoms. The average molecular weight is 1370 g/mol. The van der Waals surface area contributed by atoms with Crippen LogP contribution in [0.4, 0.5) is 96.9 Å². The Labute approximate surface area is 542 Å². The number of hydrogen-bond donors (Lipinski definition) is 2. The molecule has 5 heterocycles. The molecule has 15 nitrogen and oxygen atoms in total. The van der Waals surface area contributed by atoms with Crippen molar-refractivity contribution in [3.05, 3.63) is 181 Å². The minimum absolute atomic E-state index is 0. The number of aromatic nitrogens is 2. The van der Waals surface area contributed by atoms with Gasteiger partial charge in [0.1, 0.15) is 5.69 Å². The third-order valence-electron chi connectivity index (χ3n) is 14.6. The lowest BCUT2D eigenvalue weighted by Gasteiger charge is -2.31. The first-order valence-electron chi connectivity index (χ1n) is 29.8. The SMILES string of the molecule is C1CCCCC1.Cc1ccc(C(F)(F)F)cc1[N+](=O)[O-].Cl.Nc1cc(C(F)(F)F)ccc1N1CCCCC1.O=C(Cl)c1ccncc1.O=C(Nc1cc(C(F)(F)F)ccc1N1CCCCC1)c1ccncc1.O=[N+]([O-])c1cc(C(F)(F)F)ccc1N1CCCCC1.[2H]CF. The van der Waals surface area contributed by atoms with Gasteiger partial charge in [-0.3, -0.25) is 44.2 Å². The summed E-state index contributed by atoms with van der Waals surface area (Å²) in [6, 6.07) is 18.4. The smallest absolute Gasteiger partial charge is 0.397 e. The van der Waals surface area contributed by atoms with Gasteiger partial charge in [-0.1, -0.05) is 44.6 Å². The summed E-state index contributed by atoms with van der Waals surface area (Å²) in [7, 11) is -1.00. The first kappa shape index (κ1) is 77.4. The Kier molecular flexibility index (Phi) is 31.8. The fraction of sp³-hybridized carbons (Fsp3) is 0.429. The zero-order valence-electron chi connectivity index (χ0n) is 51.5. The highest BCUT2D eigenvalue weighted by molar-refractivity contribution is 6.67. The number of pyridine rings is 2. The van der Waals surface area contributed by atoms with Crippen molar-refractivity contribution in [2.75, 3.05) is 72.2 Å². The fourth-order valence-electron chi connectivity index (χ4n) is 9.85. The van der Waals surface area contributed by atoms with Crippen molar-refractivity contribution in [1.29, 1.82) is 0 Å². The van der Waals surface area contributed by atoms with Gasteiger partial charge < -0.3 is 25.8 Å². The molecule has 3 saturated heterocycles. The van der Waals surface area contributed by atoms with Crippen LogP contribution < -0.4 is 25.8 Å². The van der Waals surface area contributed by atoms with Crippen LogP contribution in [0.5, 0.6) is 0 Å². The number of carbonyl (C=O) groups excluding carboxylic acids is 2. The van der Waals surface area contributed by atoms with E-state index in [1.807, 2.05) is 4.90 Å². The van der Waals surface area contributed by atoms with Crippen molar-refractivity contribution in [2.24, 2.45) is 0 Å². The highest BCUT2D eigenvalue weighted by atomic mass is 35.5. The van der Waals surface area contributed by atoms with E-state index in [2.05, 4.69) is 20.2 Å². The molecule has 0 atom stereocenters. The molecular weight excluding hydrogens is 1300 g/mol. The number of hydrogen-bond acceptors (Lipinski definition) is 12. The molecule has 6 aromatic rings. The number of nitrogen functional groups attached to an aromatic ring is 1. The van der Waals surface area contributed by atoms with Crippen molar-refractivity contribution in [1.82, 2.24) is 9.97 Å². The molecule has 3 N–H and O–H groups in total. The maximum Gasteiger partial charge on any atom is 0.416 e. The molecule has 1 aliphatic carbocycles. The van der Waals surface area contributed by atoms with Crippen molar-refractivity contribution in [3.63, 3.8) is 0 Å². The summed E-state index contributed by atoms with van der Waals surface area (Å²) in [5, 5.41) is 23.5. The average Bonchev–Trinajstić information content (AvgIpc) is 0.832. The second-order valence-electron chi connectivity index (χ2n) is 21.2. The quantitative estimate of drug-likeness (QED) is 0.0482. The number of nitrogens with one attached hydrogen (secondary N) is 1. The van der Waals surface area contributed by atoms with Crippen LogP contribution in [-0.4, -0.2) is 77.4 Å². The molecule has 2 aromatic heterocycles. The monoisotopic (exact) mass is 1370 g/mol. The van der Waals surface area contributed by atoms with Gasteiger partial charge in [0.2, 0.25) is 0 Å². The van der Waals surface area contributed by atoms with E-state index in [-0.39, 0.29) is 35.0 Å². The Bertz CT molecular complexity index is 3290. The van der Waals surface area contributed by atoms with Gasteiger partial charge in [0.25, 0.3) is 22.5 Å². The maximum absolute atomic E-state index is 13.1. The molecule has 510 valence electrons. The third-order valence-corrected chi connectivity index (χ3v) is 14.8. The number of nitrogens with zero attached hydrogens (tertiary/aromatic N) is 7. The summed E-state index contributed by atoms with van der Waals surface area (Å²) in [4.78, 5) is 55.9. The summed E-state index contributed by atoms with van der Waals surface area (Å²) in [5.74, 6) is -0.458. The lowest BCUT2D eigenvalue weighted by molar-refractivity contribution is -0.385. The second kappa shape index (κ2) is 38.2. The summed E-state index contributed by atoms with van der Waals surface area (Å²) in [6.07, 6.45) is 6.33. The lowest BCUT2D eigenvalue weighted by Crippen LogP contribution is -2.30. The Morgan fingerprint density at radius 1 is 0.495 bits per heavy atom. The van der Waals surface area contributed by atoms with Crippen LogP contribution in [0.25, 0.3) is 0 Å².